The Bertz CT molecular complexity index is 1330. The van der Waals surface area contributed by atoms with E-state index < -0.39 is 12.0 Å². The van der Waals surface area contributed by atoms with Crippen LogP contribution in [-0.2, 0) is 9.59 Å². The van der Waals surface area contributed by atoms with Gasteiger partial charge in [-0.25, -0.2) is 4.98 Å². The molecule has 2 saturated heterocycles. The molecule has 5 rings (SSSR count). The molecule has 0 saturated carbocycles. The van der Waals surface area contributed by atoms with Crippen molar-refractivity contribution >= 4 is 29.0 Å². The second kappa shape index (κ2) is 12.7. The number of rotatable bonds is 9. The predicted molar refractivity (Wildman–Crippen MR) is 162 cm³/mol. The highest BCUT2D eigenvalue weighted by Crippen LogP contribution is 2.33. The second-order valence-electron chi connectivity index (χ2n) is 11.7. The highest BCUT2D eigenvalue weighted by atomic mass is 32.1. The Labute approximate surface area is 246 Å². The maximum atomic E-state index is 13.9. The molecule has 0 aliphatic carbocycles. The van der Waals surface area contributed by atoms with Crippen molar-refractivity contribution in [2.45, 2.75) is 77.4 Å². The molecule has 3 unspecified atom stereocenters. The molecule has 2 amide bonds. The third-order valence-electron chi connectivity index (χ3n) is 8.59. The molecule has 2 N–H and O–H groups in total. The maximum Gasteiger partial charge on any atom is 0.243 e. The van der Waals surface area contributed by atoms with E-state index >= 15 is 0 Å². The fourth-order valence-electron chi connectivity index (χ4n) is 6.09. The highest BCUT2D eigenvalue weighted by Gasteiger charge is 2.40. The number of aryl methyl sites for hydroxylation is 1. The van der Waals surface area contributed by atoms with E-state index in [0.717, 1.165) is 59.9 Å². The van der Waals surface area contributed by atoms with Crippen LogP contribution in [0.5, 0.6) is 0 Å². The number of hydrogen-bond donors (Lipinski definition) is 2. The SMILES string of the molecule is Cc1ncsc1-c1ccc(C(C)NC(=O)C2CCCN2C(=O)C(c2cc(N(C)C3CCNCC3)no2)C(C)C)cc1. The van der Waals surface area contributed by atoms with E-state index in [1.807, 2.05) is 58.5 Å². The Kier molecular flexibility index (Phi) is 9.09. The topological polar surface area (TPSA) is 104 Å². The number of amides is 2. The molecule has 4 heterocycles. The molecule has 41 heavy (non-hydrogen) atoms. The minimum Gasteiger partial charge on any atom is -0.358 e. The number of hydrogen-bond acceptors (Lipinski definition) is 8. The monoisotopic (exact) mass is 578 g/mol. The van der Waals surface area contributed by atoms with Gasteiger partial charge in [0.05, 0.1) is 22.1 Å². The summed E-state index contributed by atoms with van der Waals surface area (Å²) in [7, 11) is 2.04. The summed E-state index contributed by atoms with van der Waals surface area (Å²) in [6.07, 6.45) is 3.54. The van der Waals surface area contributed by atoms with Gasteiger partial charge in [-0.05, 0) is 69.7 Å². The normalized spacial score (nSPS) is 19.4. The second-order valence-corrected chi connectivity index (χ2v) is 12.6. The van der Waals surface area contributed by atoms with E-state index in [1.54, 1.807) is 16.2 Å². The van der Waals surface area contributed by atoms with E-state index in [0.29, 0.717) is 24.8 Å². The van der Waals surface area contributed by atoms with Crippen LogP contribution in [-0.4, -0.2) is 65.6 Å². The van der Waals surface area contributed by atoms with Gasteiger partial charge in [0.2, 0.25) is 11.8 Å². The Balaban J connectivity index is 1.25. The van der Waals surface area contributed by atoms with Crippen molar-refractivity contribution in [3.05, 3.63) is 52.9 Å². The molecule has 1 aromatic carbocycles. The van der Waals surface area contributed by atoms with Crippen LogP contribution in [0.15, 0.2) is 40.4 Å². The molecule has 0 spiro atoms. The summed E-state index contributed by atoms with van der Waals surface area (Å²) in [5.74, 6) is 0.643. The zero-order chi connectivity index (χ0) is 29.1. The van der Waals surface area contributed by atoms with Gasteiger partial charge in [-0.1, -0.05) is 43.3 Å². The van der Waals surface area contributed by atoms with Gasteiger partial charge < -0.3 is 25.0 Å². The minimum absolute atomic E-state index is 0.00332. The zero-order valence-electron chi connectivity index (χ0n) is 24.7. The van der Waals surface area contributed by atoms with Gasteiger partial charge in [-0.2, -0.15) is 0 Å². The lowest BCUT2D eigenvalue weighted by Gasteiger charge is -2.31. The number of carbonyl (C=O) groups excluding carboxylic acids is 2. The summed E-state index contributed by atoms with van der Waals surface area (Å²) >= 11 is 1.63. The number of nitrogens with one attached hydrogen (secondary N) is 2. The van der Waals surface area contributed by atoms with Crippen LogP contribution in [0.4, 0.5) is 5.82 Å². The van der Waals surface area contributed by atoms with Crippen molar-refractivity contribution < 1.29 is 14.1 Å². The van der Waals surface area contributed by atoms with Crippen molar-refractivity contribution in [3.63, 3.8) is 0 Å². The van der Waals surface area contributed by atoms with Gasteiger partial charge >= 0.3 is 0 Å². The summed E-state index contributed by atoms with van der Waals surface area (Å²) in [6.45, 7) is 10.6. The number of likely N-dealkylation sites (tertiary alicyclic amines) is 1. The number of thiazole rings is 1. The molecule has 2 aliphatic heterocycles. The summed E-state index contributed by atoms with van der Waals surface area (Å²) in [5.41, 5.74) is 5.02. The largest absolute Gasteiger partial charge is 0.358 e. The van der Waals surface area contributed by atoms with Gasteiger partial charge in [-0.15, -0.1) is 11.3 Å². The molecule has 10 heteroatoms. The first kappa shape index (κ1) is 29.3. The van der Waals surface area contributed by atoms with Crippen LogP contribution in [0, 0.1) is 12.8 Å². The zero-order valence-corrected chi connectivity index (χ0v) is 25.5. The van der Waals surface area contributed by atoms with Crippen molar-refractivity contribution in [2.24, 2.45) is 5.92 Å². The number of nitrogens with zero attached hydrogens (tertiary/aromatic N) is 4. The number of benzene rings is 1. The molecular weight excluding hydrogens is 536 g/mol. The van der Waals surface area contributed by atoms with Crippen LogP contribution in [0.25, 0.3) is 10.4 Å². The van der Waals surface area contributed by atoms with Gasteiger partial charge in [0.15, 0.2) is 11.6 Å². The molecular formula is C31H42N6O3S. The van der Waals surface area contributed by atoms with Gasteiger partial charge in [-0.3, -0.25) is 9.59 Å². The Morgan fingerprint density at radius 3 is 2.54 bits per heavy atom. The molecule has 0 radical (unpaired) electrons. The smallest absolute Gasteiger partial charge is 0.243 e. The number of piperidine rings is 1. The lowest BCUT2D eigenvalue weighted by molar-refractivity contribution is -0.141. The highest BCUT2D eigenvalue weighted by molar-refractivity contribution is 7.13. The van der Waals surface area contributed by atoms with Crippen LogP contribution >= 0.6 is 11.3 Å². The molecule has 220 valence electrons. The third-order valence-corrected chi connectivity index (χ3v) is 9.57. The lowest BCUT2D eigenvalue weighted by Crippen LogP contribution is -2.48. The molecule has 2 fully saturated rings. The van der Waals surface area contributed by atoms with Crippen molar-refractivity contribution in [3.8, 4) is 10.4 Å². The average molecular weight is 579 g/mol. The van der Waals surface area contributed by atoms with Crippen LogP contribution in [0.2, 0.25) is 0 Å². The number of carbonyl (C=O) groups is 2. The standard InChI is InChI=1S/C31H42N6O3S/c1-19(2)28(26-17-27(35-40-26)36(5)24-12-14-32-15-13-24)31(39)37-16-6-7-25(37)30(38)34-20(3)22-8-10-23(11-9-22)29-21(4)33-18-41-29/h8-11,17-20,24-25,28,32H,6-7,12-16H2,1-5H3,(H,34,38). The van der Waals surface area contributed by atoms with Gasteiger partial charge in [0, 0.05) is 25.7 Å². The number of anilines is 1. The van der Waals surface area contributed by atoms with E-state index in [4.69, 9.17) is 4.52 Å². The molecule has 3 atom stereocenters. The Morgan fingerprint density at radius 2 is 1.88 bits per heavy atom. The fourth-order valence-corrected chi connectivity index (χ4v) is 6.90. The van der Waals surface area contributed by atoms with Crippen LogP contribution in [0.1, 0.15) is 75.4 Å². The van der Waals surface area contributed by atoms with Crippen molar-refractivity contribution in [2.75, 3.05) is 31.6 Å². The summed E-state index contributed by atoms with van der Waals surface area (Å²) in [6, 6.07) is 9.88. The Morgan fingerprint density at radius 1 is 1.15 bits per heavy atom. The molecule has 2 aromatic heterocycles. The van der Waals surface area contributed by atoms with Crippen LogP contribution in [0.3, 0.4) is 0 Å². The average Bonchev–Trinajstić information content (AvgIpc) is 3.74. The summed E-state index contributed by atoms with van der Waals surface area (Å²) < 4.78 is 5.78. The Hall–Kier alpha value is -3.24. The summed E-state index contributed by atoms with van der Waals surface area (Å²) in [4.78, 5) is 36.8. The van der Waals surface area contributed by atoms with E-state index in [-0.39, 0.29) is 23.8 Å². The van der Waals surface area contributed by atoms with Crippen LogP contribution < -0.4 is 15.5 Å². The third kappa shape index (κ3) is 6.33. The quantitative estimate of drug-likeness (QED) is 0.372. The van der Waals surface area contributed by atoms with E-state index in [1.165, 1.54) is 0 Å². The van der Waals surface area contributed by atoms with Crippen molar-refractivity contribution in [1.29, 1.82) is 0 Å². The molecule has 3 aromatic rings. The first-order valence-electron chi connectivity index (χ1n) is 14.8. The molecule has 0 bridgehead atoms. The predicted octanol–water partition coefficient (Wildman–Crippen LogP) is 4.90. The number of aromatic nitrogens is 2. The molecule has 2 aliphatic rings. The van der Waals surface area contributed by atoms with Gasteiger partial charge in [0.25, 0.3) is 0 Å². The van der Waals surface area contributed by atoms with Crippen molar-refractivity contribution in [1.82, 2.24) is 25.7 Å². The molecule has 9 nitrogen and oxygen atoms in total. The first-order valence-corrected chi connectivity index (χ1v) is 15.6. The fraction of sp³-hybridized carbons (Fsp3) is 0.548. The first-order chi connectivity index (χ1) is 19.7. The summed E-state index contributed by atoms with van der Waals surface area (Å²) in [5, 5.41) is 10.9. The maximum absolute atomic E-state index is 13.9. The van der Waals surface area contributed by atoms with E-state index in [9.17, 15) is 9.59 Å². The lowest BCUT2D eigenvalue weighted by atomic mass is 9.91. The van der Waals surface area contributed by atoms with E-state index in [2.05, 4.69) is 37.8 Å². The van der Waals surface area contributed by atoms with Gasteiger partial charge in [0.1, 0.15) is 12.0 Å². The minimum atomic E-state index is -0.495.